The van der Waals surface area contributed by atoms with Gasteiger partial charge in [-0.15, -0.1) is 0 Å². The van der Waals surface area contributed by atoms with E-state index in [1.165, 1.54) is 5.57 Å². The minimum atomic E-state index is 0.0254. The molecule has 2 rings (SSSR count). The fraction of sp³-hybridized carbons (Fsp3) is 0.375. The fourth-order valence-electron chi connectivity index (χ4n) is 2.79. The molecule has 0 amide bonds. The van der Waals surface area contributed by atoms with E-state index < -0.39 is 0 Å². The van der Waals surface area contributed by atoms with Crippen LogP contribution in [0.4, 0.5) is 0 Å². The number of phenolic OH excluding ortho intramolecular Hbond substituents is 2. The summed E-state index contributed by atoms with van der Waals surface area (Å²) in [7, 11) is 0. The summed E-state index contributed by atoms with van der Waals surface area (Å²) in [5, 5.41) is 20.0. The second-order valence-corrected chi connectivity index (χ2v) is 5.24. The molecule has 2 atom stereocenters. The number of phenols is 2. The molecule has 0 spiro atoms. The van der Waals surface area contributed by atoms with Crippen LogP contribution >= 0.6 is 0 Å². The summed E-state index contributed by atoms with van der Waals surface area (Å²) in [6.45, 7) is 8.16. The molecule has 0 saturated carbocycles. The van der Waals surface area contributed by atoms with E-state index in [4.69, 9.17) is 0 Å². The van der Waals surface area contributed by atoms with Crippen molar-refractivity contribution in [1.29, 1.82) is 0 Å². The molecule has 0 radical (unpaired) electrons. The number of aromatic hydroxyl groups is 2. The van der Waals surface area contributed by atoms with Crippen LogP contribution < -0.4 is 0 Å². The maximum Gasteiger partial charge on any atom is 0.123 e. The molecule has 2 heteroatoms. The summed E-state index contributed by atoms with van der Waals surface area (Å²) in [6, 6.07) is 4.91. The minimum Gasteiger partial charge on any atom is -0.508 e. The maximum absolute atomic E-state index is 10.0. The highest BCUT2D eigenvalue weighted by Crippen LogP contribution is 2.45. The first-order valence-electron chi connectivity index (χ1n) is 6.34. The fourth-order valence-corrected chi connectivity index (χ4v) is 2.79. The van der Waals surface area contributed by atoms with Crippen LogP contribution in [0.25, 0.3) is 0 Å². The molecule has 1 aliphatic rings. The Bertz CT molecular complexity index is 480. The molecule has 2 nitrogen and oxygen atoms in total. The molecule has 96 valence electrons. The summed E-state index contributed by atoms with van der Waals surface area (Å²) >= 11 is 0. The summed E-state index contributed by atoms with van der Waals surface area (Å²) in [6.07, 6.45) is 4.23. The van der Waals surface area contributed by atoms with Crippen molar-refractivity contribution in [3.8, 4) is 11.5 Å². The second-order valence-electron chi connectivity index (χ2n) is 5.24. The van der Waals surface area contributed by atoms with Crippen LogP contribution in [0.3, 0.4) is 0 Å². The molecule has 0 heterocycles. The van der Waals surface area contributed by atoms with Gasteiger partial charge in [-0.05, 0) is 44.7 Å². The van der Waals surface area contributed by atoms with Gasteiger partial charge in [-0.3, -0.25) is 0 Å². The van der Waals surface area contributed by atoms with Gasteiger partial charge in [0.25, 0.3) is 0 Å². The highest BCUT2D eigenvalue weighted by atomic mass is 16.3. The van der Waals surface area contributed by atoms with E-state index in [2.05, 4.69) is 19.6 Å². The van der Waals surface area contributed by atoms with Gasteiger partial charge in [-0.2, -0.15) is 0 Å². The summed E-state index contributed by atoms with van der Waals surface area (Å²) < 4.78 is 0. The second kappa shape index (κ2) is 4.89. The third kappa shape index (κ3) is 2.28. The summed E-state index contributed by atoms with van der Waals surface area (Å²) in [5.41, 5.74) is 3.04. The number of allylic oxidation sites excluding steroid dienone is 3. The minimum absolute atomic E-state index is 0.0254. The molecular formula is C16H20O2. The normalized spacial score (nSPS) is 23.6. The Kier molecular flexibility index (Phi) is 3.46. The smallest absolute Gasteiger partial charge is 0.123 e. The lowest BCUT2D eigenvalue weighted by Crippen LogP contribution is -2.17. The van der Waals surface area contributed by atoms with Crippen molar-refractivity contribution in [3.63, 3.8) is 0 Å². The van der Waals surface area contributed by atoms with Crippen molar-refractivity contribution in [1.82, 2.24) is 0 Å². The zero-order valence-electron chi connectivity index (χ0n) is 11.0. The summed E-state index contributed by atoms with van der Waals surface area (Å²) in [5.74, 6) is 0.639. The van der Waals surface area contributed by atoms with Crippen LogP contribution in [-0.2, 0) is 0 Å². The molecule has 0 aliphatic heterocycles. The van der Waals surface area contributed by atoms with E-state index in [1.807, 2.05) is 6.92 Å². The van der Waals surface area contributed by atoms with Crippen LogP contribution in [0.2, 0.25) is 0 Å². The molecule has 1 unspecified atom stereocenters. The van der Waals surface area contributed by atoms with Gasteiger partial charge in [-0.25, -0.2) is 0 Å². The van der Waals surface area contributed by atoms with Crippen LogP contribution in [-0.4, -0.2) is 10.2 Å². The standard InChI is InChI=1S/C16H20O2/c1-10(2)12-8-7-11(3)9-13(12)16-14(17)5-4-6-15(16)18/h4-6,9,12-13,17-18H,1,7-8H2,2-3H3/t12-,13?/m0/s1. The number of hydrogen-bond donors (Lipinski definition) is 2. The van der Waals surface area contributed by atoms with Gasteiger partial charge >= 0.3 is 0 Å². The maximum atomic E-state index is 10.0. The van der Waals surface area contributed by atoms with Crippen molar-refractivity contribution in [2.24, 2.45) is 5.92 Å². The Balaban J connectivity index is 2.51. The van der Waals surface area contributed by atoms with Crippen molar-refractivity contribution >= 4 is 0 Å². The molecule has 18 heavy (non-hydrogen) atoms. The SMILES string of the molecule is C=C(C)[C@@H]1CCC(C)=CC1c1c(O)cccc1O. The van der Waals surface area contributed by atoms with Gasteiger partial charge in [-0.1, -0.05) is 29.9 Å². The first kappa shape index (κ1) is 12.7. The molecule has 1 aromatic rings. The molecular weight excluding hydrogens is 224 g/mol. The molecule has 1 aromatic carbocycles. The molecule has 0 saturated heterocycles. The first-order valence-corrected chi connectivity index (χ1v) is 6.34. The molecule has 0 aromatic heterocycles. The topological polar surface area (TPSA) is 40.5 Å². The third-order valence-electron chi connectivity index (χ3n) is 3.77. The number of hydrogen-bond acceptors (Lipinski definition) is 2. The molecule has 1 aliphatic carbocycles. The lowest BCUT2D eigenvalue weighted by molar-refractivity contribution is 0.407. The number of benzene rings is 1. The predicted octanol–water partition coefficient (Wildman–Crippen LogP) is 4.11. The Morgan fingerprint density at radius 3 is 2.44 bits per heavy atom. The van der Waals surface area contributed by atoms with E-state index in [0.717, 1.165) is 18.4 Å². The zero-order valence-corrected chi connectivity index (χ0v) is 11.0. The van der Waals surface area contributed by atoms with E-state index in [9.17, 15) is 10.2 Å². The average molecular weight is 244 g/mol. The third-order valence-corrected chi connectivity index (χ3v) is 3.77. The van der Waals surface area contributed by atoms with E-state index in [0.29, 0.717) is 5.56 Å². The Morgan fingerprint density at radius 1 is 1.28 bits per heavy atom. The van der Waals surface area contributed by atoms with E-state index in [-0.39, 0.29) is 23.3 Å². The number of rotatable bonds is 2. The quantitative estimate of drug-likeness (QED) is 0.768. The van der Waals surface area contributed by atoms with Crippen molar-refractivity contribution in [2.75, 3.05) is 0 Å². The van der Waals surface area contributed by atoms with Gasteiger partial charge in [0.15, 0.2) is 0 Å². The Labute approximate surface area is 108 Å². The predicted molar refractivity (Wildman–Crippen MR) is 73.8 cm³/mol. The summed E-state index contributed by atoms with van der Waals surface area (Å²) in [4.78, 5) is 0. The van der Waals surface area contributed by atoms with Gasteiger partial charge in [0.1, 0.15) is 11.5 Å². The molecule has 0 fully saturated rings. The largest absolute Gasteiger partial charge is 0.508 e. The zero-order chi connectivity index (χ0) is 13.3. The van der Waals surface area contributed by atoms with Crippen molar-refractivity contribution in [2.45, 2.75) is 32.6 Å². The lowest BCUT2D eigenvalue weighted by atomic mass is 9.74. The van der Waals surface area contributed by atoms with Gasteiger partial charge in [0, 0.05) is 11.5 Å². The Morgan fingerprint density at radius 2 is 1.89 bits per heavy atom. The van der Waals surface area contributed by atoms with Gasteiger partial charge in [0.05, 0.1) is 0 Å². The van der Waals surface area contributed by atoms with Crippen LogP contribution in [0.15, 0.2) is 42.0 Å². The van der Waals surface area contributed by atoms with Crippen LogP contribution in [0.1, 0.15) is 38.2 Å². The van der Waals surface area contributed by atoms with Crippen LogP contribution in [0.5, 0.6) is 11.5 Å². The highest BCUT2D eigenvalue weighted by Gasteiger charge is 2.29. The van der Waals surface area contributed by atoms with Gasteiger partial charge in [0.2, 0.25) is 0 Å². The van der Waals surface area contributed by atoms with E-state index in [1.54, 1.807) is 18.2 Å². The lowest BCUT2D eigenvalue weighted by Gasteiger charge is -2.31. The van der Waals surface area contributed by atoms with Gasteiger partial charge < -0.3 is 10.2 Å². The first-order chi connectivity index (χ1) is 8.50. The van der Waals surface area contributed by atoms with Crippen molar-refractivity contribution in [3.05, 3.63) is 47.6 Å². The average Bonchev–Trinajstić information content (AvgIpc) is 2.28. The molecule has 2 N–H and O–H groups in total. The van der Waals surface area contributed by atoms with E-state index >= 15 is 0 Å². The molecule has 0 bridgehead atoms. The Hall–Kier alpha value is -1.70. The van der Waals surface area contributed by atoms with Crippen LogP contribution in [0, 0.1) is 5.92 Å². The monoisotopic (exact) mass is 244 g/mol. The highest BCUT2D eigenvalue weighted by molar-refractivity contribution is 5.49. The van der Waals surface area contributed by atoms with Crippen molar-refractivity contribution < 1.29 is 10.2 Å².